The standard InChI is InChI=1S/C20H16.C16H14.Zr/c1-2-6-18-12-15(11-17(18)5-1)9-10-16-13-19-7-3-4-8-20(19)14-16;1-3-9-15(10-4-1)13-7-8-14-16-11-5-2-6-12-16;/h1-8,11-14H,9-10H2;1-14H;/b;13-7+,14-8+;. The zero-order valence-corrected chi connectivity index (χ0v) is 23.4. The Bertz CT molecular complexity index is 1370. The molecule has 1 heterocycles. The summed E-state index contributed by atoms with van der Waals surface area (Å²) in [5, 5.41) is 0. The van der Waals surface area contributed by atoms with Crippen LogP contribution in [0.3, 0.4) is 0 Å². The Hall–Kier alpha value is -3.28. The van der Waals surface area contributed by atoms with E-state index in [0.29, 0.717) is 0 Å². The summed E-state index contributed by atoms with van der Waals surface area (Å²) in [5.41, 5.74) is 12.2. The summed E-state index contributed by atoms with van der Waals surface area (Å²) in [4.78, 5) is 0. The fourth-order valence-corrected chi connectivity index (χ4v) is 10.7. The van der Waals surface area contributed by atoms with E-state index in [-0.39, 0.29) is 0 Å². The van der Waals surface area contributed by atoms with Crippen LogP contribution in [0.2, 0.25) is 0 Å². The Labute approximate surface area is 232 Å². The van der Waals surface area contributed by atoms with Crippen molar-refractivity contribution >= 4 is 24.3 Å². The number of allylic oxidation sites excluding steroid dienone is 4. The van der Waals surface area contributed by atoms with Crippen molar-refractivity contribution in [3.63, 3.8) is 0 Å². The fraction of sp³-hybridized carbons (Fsp3) is 0.111. The molecule has 0 saturated carbocycles. The van der Waals surface area contributed by atoms with Gasteiger partial charge in [0.05, 0.1) is 0 Å². The molecule has 37 heavy (non-hydrogen) atoms. The van der Waals surface area contributed by atoms with Crippen molar-refractivity contribution in [3.05, 3.63) is 166 Å². The molecule has 4 aromatic rings. The number of hydrogen-bond donors (Lipinski definition) is 0. The van der Waals surface area contributed by atoms with Crippen LogP contribution in [0.4, 0.5) is 0 Å². The second-order valence-corrected chi connectivity index (χ2v) is 13.4. The molecule has 4 aromatic carbocycles. The van der Waals surface area contributed by atoms with Gasteiger partial charge in [0, 0.05) is 0 Å². The van der Waals surface area contributed by atoms with Crippen LogP contribution < -0.4 is 0 Å². The summed E-state index contributed by atoms with van der Waals surface area (Å²) >= 11 is -0.553. The van der Waals surface area contributed by atoms with E-state index in [0.717, 1.165) is 7.25 Å². The molecule has 0 spiro atoms. The van der Waals surface area contributed by atoms with Gasteiger partial charge in [0.25, 0.3) is 0 Å². The molecule has 0 N–H and O–H groups in total. The molecule has 0 amide bonds. The van der Waals surface area contributed by atoms with Gasteiger partial charge >= 0.3 is 137 Å². The Kier molecular flexibility index (Phi) is 7.43. The van der Waals surface area contributed by atoms with Gasteiger partial charge in [-0.1, -0.05) is 85.0 Å². The molecule has 0 radical (unpaired) electrons. The number of fused-ring (bicyclic) bond motifs is 6. The summed E-state index contributed by atoms with van der Waals surface area (Å²) in [7, 11) is 0. The second-order valence-electron chi connectivity index (χ2n) is 9.77. The second kappa shape index (κ2) is 11.4. The van der Waals surface area contributed by atoms with Crippen LogP contribution in [0.15, 0.2) is 132 Å². The Morgan fingerprint density at radius 2 is 0.892 bits per heavy atom. The summed E-state index contributed by atoms with van der Waals surface area (Å²) in [6, 6.07) is 38.7. The Morgan fingerprint density at radius 3 is 1.35 bits per heavy atom. The molecule has 1 heteroatoms. The molecule has 0 nitrogen and oxygen atoms in total. The predicted octanol–water partition coefficient (Wildman–Crippen LogP) is 9.55. The van der Waals surface area contributed by atoms with Crippen molar-refractivity contribution in [3.8, 4) is 0 Å². The maximum absolute atomic E-state index is 2.49. The summed E-state index contributed by atoms with van der Waals surface area (Å²) in [6.07, 6.45) is 15.8. The van der Waals surface area contributed by atoms with Gasteiger partial charge in [-0.2, -0.15) is 0 Å². The molecule has 1 aliphatic heterocycles. The van der Waals surface area contributed by atoms with E-state index in [2.05, 4.69) is 109 Å². The quantitative estimate of drug-likeness (QED) is 0.222. The molecule has 7 rings (SSSR count). The van der Waals surface area contributed by atoms with Gasteiger partial charge in [0.2, 0.25) is 0 Å². The van der Waals surface area contributed by atoms with Crippen LogP contribution in [0.1, 0.15) is 53.5 Å². The topological polar surface area (TPSA) is 0 Å². The zero-order valence-electron chi connectivity index (χ0n) is 20.9. The van der Waals surface area contributed by atoms with Gasteiger partial charge in [0.15, 0.2) is 0 Å². The molecule has 2 atom stereocenters. The van der Waals surface area contributed by atoms with Gasteiger partial charge in [-0.15, -0.1) is 0 Å². The van der Waals surface area contributed by atoms with Crippen LogP contribution in [-0.4, -0.2) is 0 Å². The molecule has 3 aliphatic rings. The predicted molar refractivity (Wildman–Crippen MR) is 155 cm³/mol. The van der Waals surface area contributed by atoms with Crippen LogP contribution >= 0.6 is 0 Å². The first-order valence-electron chi connectivity index (χ1n) is 13.1. The maximum atomic E-state index is 2.49. The summed E-state index contributed by atoms with van der Waals surface area (Å²) < 4.78 is 1.62. The average Bonchev–Trinajstić information content (AvgIpc) is 3.44. The van der Waals surface area contributed by atoms with E-state index in [1.54, 1.807) is 22.3 Å². The third-order valence-electron chi connectivity index (χ3n) is 7.36. The molecular weight excluding hydrogens is 524 g/mol. The summed E-state index contributed by atoms with van der Waals surface area (Å²) in [6.45, 7) is 0. The first kappa shape index (κ1) is 24.1. The molecule has 0 aromatic heterocycles. The van der Waals surface area contributed by atoms with Gasteiger partial charge in [-0.05, 0) is 11.1 Å². The third kappa shape index (κ3) is 5.53. The van der Waals surface area contributed by atoms with Gasteiger partial charge in [-0.25, -0.2) is 0 Å². The van der Waals surface area contributed by atoms with Crippen LogP contribution in [0.5, 0.6) is 0 Å². The van der Waals surface area contributed by atoms with E-state index in [1.807, 2.05) is 36.4 Å². The zero-order chi connectivity index (χ0) is 24.9. The molecule has 1 fully saturated rings. The first-order valence-corrected chi connectivity index (χ1v) is 16.0. The molecule has 0 bridgehead atoms. The molecule has 2 aliphatic carbocycles. The van der Waals surface area contributed by atoms with E-state index < -0.39 is 23.2 Å². The first-order chi connectivity index (χ1) is 18.3. The fourth-order valence-electron chi connectivity index (χ4n) is 5.52. The van der Waals surface area contributed by atoms with Crippen LogP contribution in [-0.2, 0) is 23.2 Å². The van der Waals surface area contributed by atoms with Crippen molar-refractivity contribution in [2.24, 2.45) is 0 Å². The molecule has 178 valence electrons. The number of benzene rings is 4. The normalized spacial score (nSPS) is 18.9. The number of rotatable bonds is 3. The number of hydrogen-bond acceptors (Lipinski definition) is 0. The molecular formula is C36H30Zr. The van der Waals surface area contributed by atoms with E-state index in [1.165, 1.54) is 35.1 Å². The minimum atomic E-state index is -0.553. The van der Waals surface area contributed by atoms with E-state index >= 15 is 0 Å². The van der Waals surface area contributed by atoms with Crippen molar-refractivity contribution in [1.29, 1.82) is 0 Å². The molecule has 2 unspecified atom stereocenters. The minimum absolute atomic E-state index is 0.553. The van der Waals surface area contributed by atoms with Crippen LogP contribution in [0.25, 0.3) is 24.3 Å². The monoisotopic (exact) mass is 552 g/mol. The van der Waals surface area contributed by atoms with Crippen molar-refractivity contribution in [1.82, 2.24) is 0 Å². The van der Waals surface area contributed by atoms with Gasteiger partial charge in [0.1, 0.15) is 0 Å². The van der Waals surface area contributed by atoms with E-state index in [9.17, 15) is 0 Å². The average molecular weight is 554 g/mol. The SMILES string of the molecule is C(/C=C/c1ccccc1)=C\c1ccccc1.C1=C2CCC3=Cc4ccccc4[CH]3[Zr][CH]2c2ccccc21. The summed E-state index contributed by atoms with van der Waals surface area (Å²) in [5.74, 6) is 0. The van der Waals surface area contributed by atoms with E-state index in [4.69, 9.17) is 0 Å². The van der Waals surface area contributed by atoms with Crippen molar-refractivity contribution in [2.75, 3.05) is 0 Å². The Balaban J connectivity index is 0.000000142. The Morgan fingerprint density at radius 1 is 0.486 bits per heavy atom. The van der Waals surface area contributed by atoms with Crippen molar-refractivity contribution < 1.29 is 23.2 Å². The van der Waals surface area contributed by atoms with Gasteiger partial charge < -0.3 is 0 Å². The van der Waals surface area contributed by atoms with Gasteiger partial charge in [-0.3, -0.25) is 0 Å². The third-order valence-corrected chi connectivity index (χ3v) is 12.4. The van der Waals surface area contributed by atoms with Crippen molar-refractivity contribution in [2.45, 2.75) is 20.1 Å². The van der Waals surface area contributed by atoms with Crippen LogP contribution in [0, 0.1) is 0 Å². The molecule has 1 saturated heterocycles.